The smallest absolute Gasteiger partial charge is 0.262 e. The minimum Gasteiger partial charge on any atom is -0.392 e. The predicted molar refractivity (Wildman–Crippen MR) is 79.4 cm³/mol. The highest BCUT2D eigenvalue weighted by Crippen LogP contribution is 2.23. The molecule has 0 atom stereocenters. The third-order valence-corrected chi connectivity index (χ3v) is 4.75. The normalized spacial score (nSPS) is 11.3. The summed E-state index contributed by atoms with van der Waals surface area (Å²) in [5.41, 5.74) is 1.59. The highest BCUT2D eigenvalue weighted by molar-refractivity contribution is 7.92. The van der Waals surface area contributed by atoms with Gasteiger partial charge in [0.1, 0.15) is 0 Å². The average molecular weight is 312 g/mol. The Morgan fingerprint density at radius 2 is 1.90 bits per heavy atom. The van der Waals surface area contributed by atoms with Gasteiger partial charge in [-0.15, -0.1) is 0 Å². The lowest BCUT2D eigenvalue weighted by atomic mass is 10.2. The van der Waals surface area contributed by atoms with Crippen LogP contribution in [0.25, 0.3) is 0 Å². The van der Waals surface area contributed by atoms with Crippen LogP contribution < -0.4 is 4.72 Å². The van der Waals surface area contributed by atoms with Gasteiger partial charge >= 0.3 is 0 Å². The van der Waals surface area contributed by atoms with Gasteiger partial charge in [0.05, 0.1) is 17.2 Å². The highest BCUT2D eigenvalue weighted by Gasteiger charge is 2.18. The largest absolute Gasteiger partial charge is 0.392 e. The number of aliphatic hydroxyl groups is 1. The zero-order valence-electron chi connectivity index (χ0n) is 10.8. The molecule has 6 heteroatoms. The summed E-state index contributed by atoms with van der Waals surface area (Å²) in [6.07, 6.45) is 0. The molecule has 0 amide bonds. The van der Waals surface area contributed by atoms with E-state index in [9.17, 15) is 13.5 Å². The summed E-state index contributed by atoms with van der Waals surface area (Å²) < 4.78 is 27.1. The molecule has 2 aromatic carbocycles. The van der Waals surface area contributed by atoms with Gasteiger partial charge in [-0.3, -0.25) is 4.72 Å². The van der Waals surface area contributed by atoms with E-state index in [4.69, 9.17) is 11.6 Å². The number of sulfonamides is 1. The molecule has 0 saturated heterocycles. The molecule has 20 heavy (non-hydrogen) atoms. The number of nitrogens with one attached hydrogen (secondary N) is 1. The molecule has 0 spiro atoms. The first kappa shape index (κ1) is 14.8. The van der Waals surface area contributed by atoms with Gasteiger partial charge in [-0.05, 0) is 36.2 Å². The Hall–Kier alpha value is -1.56. The summed E-state index contributed by atoms with van der Waals surface area (Å²) in [7, 11) is -3.75. The molecule has 0 aliphatic rings. The number of aliphatic hydroxyl groups excluding tert-OH is 1. The molecule has 2 aromatic rings. The van der Waals surface area contributed by atoms with Crippen molar-refractivity contribution in [2.45, 2.75) is 18.4 Å². The molecule has 0 fully saturated rings. The monoisotopic (exact) mass is 311 g/mol. The first-order valence-corrected chi connectivity index (χ1v) is 7.78. The number of anilines is 1. The van der Waals surface area contributed by atoms with Crippen LogP contribution >= 0.6 is 11.6 Å². The van der Waals surface area contributed by atoms with Crippen LogP contribution in [0.15, 0.2) is 47.4 Å². The molecule has 0 unspecified atom stereocenters. The van der Waals surface area contributed by atoms with Gasteiger partial charge < -0.3 is 5.11 Å². The Morgan fingerprint density at radius 1 is 1.20 bits per heavy atom. The lowest BCUT2D eigenvalue weighted by molar-refractivity contribution is 0.278. The zero-order valence-corrected chi connectivity index (χ0v) is 12.4. The van der Waals surface area contributed by atoms with Gasteiger partial charge in [0.2, 0.25) is 0 Å². The van der Waals surface area contributed by atoms with Gasteiger partial charge in [0.15, 0.2) is 0 Å². The van der Waals surface area contributed by atoms with E-state index in [-0.39, 0.29) is 11.5 Å². The molecule has 106 valence electrons. The van der Waals surface area contributed by atoms with Gasteiger partial charge in [-0.2, -0.15) is 0 Å². The Morgan fingerprint density at radius 3 is 2.55 bits per heavy atom. The van der Waals surface area contributed by atoms with Crippen molar-refractivity contribution in [2.24, 2.45) is 0 Å². The van der Waals surface area contributed by atoms with Crippen molar-refractivity contribution in [1.82, 2.24) is 0 Å². The van der Waals surface area contributed by atoms with E-state index in [1.807, 2.05) is 6.92 Å². The van der Waals surface area contributed by atoms with Crippen molar-refractivity contribution in [3.05, 3.63) is 58.6 Å². The molecular formula is C14H14ClNO3S. The van der Waals surface area contributed by atoms with E-state index >= 15 is 0 Å². The quantitative estimate of drug-likeness (QED) is 0.912. The first-order chi connectivity index (χ1) is 9.44. The fourth-order valence-electron chi connectivity index (χ4n) is 1.76. The minimum absolute atomic E-state index is 0.0548. The van der Waals surface area contributed by atoms with Crippen LogP contribution in [0.3, 0.4) is 0 Å². The van der Waals surface area contributed by atoms with Crippen molar-refractivity contribution in [3.63, 3.8) is 0 Å². The molecule has 0 radical (unpaired) electrons. The number of rotatable bonds is 4. The second-order valence-electron chi connectivity index (χ2n) is 4.34. The molecular weight excluding hydrogens is 298 g/mol. The maximum atomic E-state index is 12.3. The van der Waals surface area contributed by atoms with Crippen LogP contribution in [0.5, 0.6) is 0 Å². The Kier molecular flexibility index (Phi) is 4.32. The van der Waals surface area contributed by atoms with Gasteiger partial charge in [0, 0.05) is 5.02 Å². The van der Waals surface area contributed by atoms with Crippen LogP contribution in [0, 0.1) is 6.92 Å². The first-order valence-electron chi connectivity index (χ1n) is 5.92. The fourth-order valence-corrected chi connectivity index (χ4v) is 3.23. The van der Waals surface area contributed by atoms with Crippen LogP contribution in [-0.2, 0) is 16.6 Å². The predicted octanol–water partition coefficient (Wildman–Crippen LogP) is 2.94. The second-order valence-corrected chi connectivity index (χ2v) is 6.39. The SMILES string of the molecule is Cc1ccc(NS(=O)(=O)c2ccccc2CO)cc1Cl. The number of hydrogen-bond acceptors (Lipinski definition) is 3. The standard InChI is InChI=1S/C14H14ClNO3S/c1-10-6-7-12(8-13(10)15)16-20(18,19)14-5-3-2-4-11(14)9-17/h2-8,16-17H,9H2,1H3. The van der Waals surface area contributed by atoms with Crippen molar-refractivity contribution in [2.75, 3.05) is 4.72 Å². The summed E-state index contributed by atoms with van der Waals surface area (Å²) in [6, 6.07) is 11.2. The summed E-state index contributed by atoms with van der Waals surface area (Å²) >= 11 is 5.97. The van der Waals surface area contributed by atoms with Crippen molar-refractivity contribution >= 4 is 27.3 Å². The Balaban J connectivity index is 2.38. The number of hydrogen-bond donors (Lipinski definition) is 2. The molecule has 0 aromatic heterocycles. The van der Waals surface area contributed by atoms with Gasteiger partial charge in [0.25, 0.3) is 10.0 Å². The zero-order chi connectivity index (χ0) is 14.8. The van der Waals surface area contributed by atoms with E-state index < -0.39 is 10.0 Å². The second kappa shape index (κ2) is 5.83. The highest BCUT2D eigenvalue weighted by atomic mass is 35.5. The molecule has 2 N–H and O–H groups in total. The topological polar surface area (TPSA) is 66.4 Å². The van der Waals surface area contributed by atoms with Gasteiger partial charge in [-0.25, -0.2) is 8.42 Å². The lowest BCUT2D eigenvalue weighted by Crippen LogP contribution is -2.15. The Labute approximate surface area is 123 Å². The van der Waals surface area contributed by atoms with Crippen LogP contribution in [0.1, 0.15) is 11.1 Å². The van der Waals surface area contributed by atoms with Gasteiger partial charge in [-0.1, -0.05) is 35.9 Å². The van der Waals surface area contributed by atoms with E-state index in [0.29, 0.717) is 16.3 Å². The van der Waals surface area contributed by atoms with E-state index in [1.54, 1.807) is 36.4 Å². The summed E-state index contributed by atoms with van der Waals surface area (Å²) in [5.74, 6) is 0. The van der Waals surface area contributed by atoms with Crippen molar-refractivity contribution < 1.29 is 13.5 Å². The summed E-state index contributed by atoms with van der Waals surface area (Å²) in [5, 5.41) is 9.70. The maximum absolute atomic E-state index is 12.3. The van der Waals surface area contributed by atoms with E-state index in [1.165, 1.54) is 6.07 Å². The third-order valence-electron chi connectivity index (χ3n) is 2.86. The number of halogens is 1. The Bertz CT molecular complexity index is 729. The van der Waals surface area contributed by atoms with E-state index in [2.05, 4.69) is 4.72 Å². The van der Waals surface area contributed by atoms with Crippen molar-refractivity contribution in [3.8, 4) is 0 Å². The number of benzene rings is 2. The molecule has 0 saturated carbocycles. The van der Waals surface area contributed by atoms with Crippen LogP contribution in [0.2, 0.25) is 5.02 Å². The fraction of sp³-hybridized carbons (Fsp3) is 0.143. The molecule has 2 rings (SSSR count). The molecule has 0 bridgehead atoms. The van der Waals surface area contributed by atoms with Crippen LogP contribution in [0.4, 0.5) is 5.69 Å². The maximum Gasteiger partial charge on any atom is 0.262 e. The summed E-state index contributed by atoms with van der Waals surface area (Å²) in [6.45, 7) is 1.49. The van der Waals surface area contributed by atoms with Crippen LogP contribution in [-0.4, -0.2) is 13.5 Å². The summed E-state index contributed by atoms with van der Waals surface area (Å²) in [4.78, 5) is 0.0548. The molecule has 0 aliphatic carbocycles. The average Bonchev–Trinajstić information content (AvgIpc) is 2.42. The molecule has 0 heterocycles. The molecule has 0 aliphatic heterocycles. The minimum atomic E-state index is -3.75. The third kappa shape index (κ3) is 3.12. The lowest BCUT2D eigenvalue weighted by Gasteiger charge is -2.11. The number of aryl methyl sites for hydroxylation is 1. The van der Waals surface area contributed by atoms with Crippen molar-refractivity contribution in [1.29, 1.82) is 0 Å². The van der Waals surface area contributed by atoms with E-state index in [0.717, 1.165) is 5.56 Å². The molecule has 4 nitrogen and oxygen atoms in total.